The van der Waals surface area contributed by atoms with E-state index in [9.17, 15) is 4.79 Å². The minimum atomic E-state index is 0.0333. The number of carbonyl (C=O) groups is 1. The van der Waals surface area contributed by atoms with Gasteiger partial charge in [-0.3, -0.25) is 4.79 Å². The van der Waals surface area contributed by atoms with Crippen LogP contribution in [0.4, 0.5) is 0 Å². The lowest BCUT2D eigenvalue weighted by Crippen LogP contribution is -2.33. The minimum absolute atomic E-state index is 0.0333. The van der Waals surface area contributed by atoms with Crippen molar-refractivity contribution in [2.75, 3.05) is 0 Å². The van der Waals surface area contributed by atoms with Crippen LogP contribution in [0.1, 0.15) is 45.1 Å². The summed E-state index contributed by atoms with van der Waals surface area (Å²) in [5, 5.41) is 2.61. The Morgan fingerprint density at radius 3 is 1.00 bits per heavy atom. The Kier molecular flexibility index (Phi) is 8.79. The lowest BCUT2D eigenvalue weighted by atomic mass is 10.0. The first-order chi connectivity index (χ1) is 28.0. The fourth-order valence-corrected chi connectivity index (χ4v) is 8.29. The molecule has 57 heavy (non-hydrogen) atoms. The topological polar surface area (TPSA) is 37.5 Å². The summed E-state index contributed by atoms with van der Waals surface area (Å²) in [7, 11) is 0. The van der Waals surface area contributed by atoms with Crippen molar-refractivity contribution in [3.05, 3.63) is 216 Å². The van der Waals surface area contributed by atoms with Crippen LogP contribution < -0.4 is 18.3 Å². The molecule has 0 saturated carbocycles. The Bertz CT molecular complexity index is 2700. The summed E-state index contributed by atoms with van der Waals surface area (Å²) in [5.74, 6) is 0.0333. The predicted octanol–water partition coefficient (Wildman–Crippen LogP) is 8.04. The van der Waals surface area contributed by atoms with Crippen molar-refractivity contribution in [2.45, 2.75) is 39.6 Å². The van der Waals surface area contributed by atoms with Crippen molar-refractivity contribution in [2.24, 2.45) is 0 Å². The Balaban J connectivity index is 0.985. The van der Waals surface area contributed by atoms with E-state index in [1.54, 1.807) is 0 Å². The Labute approximate surface area is 332 Å². The smallest absolute Gasteiger partial charge is 0.193 e. The third-order valence-corrected chi connectivity index (χ3v) is 11.4. The maximum absolute atomic E-state index is 13.4. The highest BCUT2D eigenvalue weighted by Gasteiger charge is 2.16. The highest BCUT2D eigenvalue weighted by Crippen LogP contribution is 2.31. The van der Waals surface area contributed by atoms with Crippen molar-refractivity contribution in [1.29, 1.82) is 0 Å². The van der Waals surface area contributed by atoms with Gasteiger partial charge < -0.3 is 4.57 Å². The molecule has 16 bridgehead atoms. The van der Waals surface area contributed by atoms with Gasteiger partial charge in [0.05, 0.1) is 0 Å². The van der Waals surface area contributed by atoms with Crippen molar-refractivity contribution in [3.63, 3.8) is 0 Å². The summed E-state index contributed by atoms with van der Waals surface area (Å²) < 4.78 is 11.3. The molecule has 274 valence electrons. The molecular weight excluding hydrogens is 699 g/mol. The number of benzene rings is 4. The van der Waals surface area contributed by atoms with E-state index in [0.717, 1.165) is 43.9 Å². The number of pyridine rings is 4. The SMILES string of the molecule is CCn1c2ccc3cc2c2cc(ccc21)C[n+]1ccc(cc1)-c1cc[n+](cc1)Cc1ccc(cc1)C(=O)c1ccc(cc1)C[n+]1ccc(cc1)-c1cc[n+](cc1)C3. The standard InChI is InChI=1S/C51H43N5O/c1-2-56-49-13-7-39-31-47(49)48-32-40(8-14-50(48)56)36-55-29-21-44(22-30-55)42-17-25-53(26-18-42)34-38-5-11-46(12-6-38)51(57)45-9-3-37(4-10-45)33-52-23-15-41(16-24-52)43-19-27-54(35-39)28-20-43/h3-32H,2,33-36H2,1H3/q+4. The summed E-state index contributed by atoms with van der Waals surface area (Å²) in [5.41, 5.74) is 13.5. The summed E-state index contributed by atoms with van der Waals surface area (Å²) in [6.07, 6.45) is 17.2. The van der Waals surface area contributed by atoms with Gasteiger partial charge in [0.25, 0.3) is 0 Å². The van der Waals surface area contributed by atoms with Crippen LogP contribution in [0, 0.1) is 0 Å². The summed E-state index contributed by atoms with van der Waals surface area (Å²) >= 11 is 0. The maximum atomic E-state index is 13.4. The van der Waals surface area contributed by atoms with Gasteiger partial charge in [-0.15, -0.1) is 0 Å². The van der Waals surface area contributed by atoms with E-state index in [1.807, 2.05) is 24.3 Å². The molecular formula is C51H43N5O+4. The average molecular weight is 742 g/mol. The molecule has 9 aliphatic heterocycles. The molecule has 9 aliphatic rings. The molecule has 0 radical (unpaired) electrons. The zero-order valence-corrected chi connectivity index (χ0v) is 32.0. The number of rotatable bonds is 1. The largest absolute Gasteiger partial charge is 0.341 e. The van der Waals surface area contributed by atoms with E-state index in [2.05, 4.69) is 189 Å². The van der Waals surface area contributed by atoms with E-state index in [-0.39, 0.29) is 5.78 Å². The molecule has 0 fully saturated rings. The average Bonchev–Trinajstić information content (AvgIpc) is 3.57. The van der Waals surface area contributed by atoms with Gasteiger partial charge in [-0.05, 0) is 53.4 Å². The summed E-state index contributed by atoms with van der Waals surface area (Å²) in [6, 6.07) is 47.3. The number of aryl methyl sites for hydroxylation is 1. The number of fused-ring (bicyclic) bond motifs is 2. The molecule has 6 heteroatoms. The van der Waals surface area contributed by atoms with Gasteiger partial charge in [0, 0.05) is 110 Å². The van der Waals surface area contributed by atoms with E-state index >= 15 is 0 Å². The van der Waals surface area contributed by atoms with Gasteiger partial charge in [0.2, 0.25) is 0 Å². The predicted molar refractivity (Wildman–Crippen MR) is 222 cm³/mol. The quantitative estimate of drug-likeness (QED) is 0.157. The minimum Gasteiger partial charge on any atom is -0.341 e. The first kappa shape index (κ1) is 34.4. The number of aromatic nitrogens is 5. The zero-order chi connectivity index (χ0) is 38.3. The second-order valence-corrected chi connectivity index (χ2v) is 15.2. The molecule has 0 saturated heterocycles. The number of carbonyl (C=O) groups excluding carboxylic acids is 1. The molecule has 0 atom stereocenters. The highest BCUT2D eigenvalue weighted by atomic mass is 16.1. The highest BCUT2D eigenvalue weighted by molar-refractivity contribution is 6.09. The number of nitrogens with zero attached hydrogens (tertiary/aromatic N) is 5. The van der Waals surface area contributed by atoms with Crippen LogP contribution in [0.25, 0.3) is 44.1 Å². The first-order valence-electron chi connectivity index (χ1n) is 19.8. The molecule has 0 spiro atoms. The number of hydrogen-bond donors (Lipinski definition) is 0. The van der Waals surface area contributed by atoms with Crippen LogP contribution in [0.15, 0.2) is 183 Å². The van der Waals surface area contributed by atoms with Crippen LogP contribution in [0.3, 0.4) is 0 Å². The molecule has 0 aliphatic carbocycles. The molecule has 6 nitrogen and oxygen atoms in total. The van der Waals surface area contributed by atoms with Crippen LogP contribution in [-0.2, 0) is 32.7 Å². The molecule has 5 aromatic heterocycles. The van der Waals surface area contributed by atoms with E-state index in [0.29, 0.717) is 11.1 Å². The second kappa shape index (κ2) is 14.5. The lowest BCUT2D eigenvalue weighted by Gasteiger charge is -2.05. The Morgan fingerprint density at radius 1 is 0.386 bits per heavy atom. The monoisotopic (exact) mass is 741 g/mol. The fourth-order valence-electron chi connectivity index (χ4n) is 8.29. The molecule has 4 aromatic carbocycles. The molecule has 0 unspecified atom stereocenters. The maximum Gasteiger partial charge on any atom is 0.193 e. The van der Waals surface area contributed by atoms with E-state index in [1.165, 1.54) is 55.2 Å². The zero-order valence-electron chi connectivity index (χ0n) is 32.0. The normalized spacial score (nSPS) is 12.8. The summed E-state index contributed by atoms with van der Waals surface area (Å²) in [4.78, 5) is 13.4. The van der Waals surface area contributed by atoms with Gasteiger partial charge >= 0.3 is 0 Å². The van der Waals surface area contributed by atoms with Crippen molar-refractivity contribution < 1.29 is 23.1 Å². The molecule has 18 rings (SSSR count). The van der Waals surface area contributed by atoms with Gasteiger partial charge in [0.1, 0.15) is 0 Å². The third kappa shape index (κ3) is 6.91. The van der Waals surface area contributed by atoms with Crippen LogP contribution in [0.5, 0.6) is 0 Å². The van der Waals surface area contributed by atoms with Crippen LogP contribution in [-0.4, -0.2) is 10.4 Å². The lowest BCUT2D eigenvalue weighted by molar-refractivity contribution is -0.688. The molecule has 0 amide bonds. The van der Waals surface area contributed by atoms with Crippen molar-refractivity contribution >= 4 is 27.6 Å². The molecule has 14 heterocycles. The van der Waals surface area contributed by atoms with Gasteiger partial charge in [-0.1, -0.05) is 60.7 Å². The Morgan fingerprint density at radius 2 is 0.684 bits per heavy atom. The summed E-state index contributed by atoms with van der Waals surface area (Å²) in [6.45, 7) is 6.20. The Hall–Kier alpha value is -7.05. The molecule has 0 N–H and O–H groups in total. The van der Waals surface area contributed by atoms with E-state index in [4.69, 9.17) is 0 Å². The fraction of sp³-hybridized carbons (Fsp3) is 0.118. The van der Waals surface area contributed by atoms with Crippen molar-refractivity contribution in [3.8, 4) is 22.3 Å². The van der Waals surface area contributed by atoms with Crippen molar-refractivity contribution in [1.82, 2.24) is 4.57 Å². The molecule has 9 aromatic rings. The van der Waals surface area contributed by atoms with Gasteiger partial charge in [0.15, 0.2) is 81.5 Å². The van der Waals surface area contributed by atoms with Gasteiger partial charge in [-0.2, -0.15) is 0 Å². The first-order valence-corrected chi connectivity index (χ1v) is 19.8. The van der Waals surface area contributed by atoms with E-state index < -0.39 is 0 Å². The number of ketones is 1. The number of hydrogen-bond acceptors (Lipinski definition) is 1. The third-order valence-electron chi connectivity index (χ3n) is 11.4. The van der Waals surface area contributed by atoms with Crippen LogP contribution in [0.2, 0.25) is 0 Å². The second-order valence-electron chi connectivity index (χ2n) is 15.2. The van der Waals surface area contributed by atoms with Gasteiger partial charge in [-0.25, -0.2) is 18.3 Å². The van der Waals surface area contributed by atoms with Crippen LogP contribution >= 0.6 is 0 Å².